The molecular weight excluding hydrogens is 372 g/mol. The highest BCUT2D eigenvalue weighted by Gasteiger charge is 2.49. The Bertz CT molecular complexity index is 564. The van der Waals surface area contributed by atoms with Gasteiger partial charge in [0.25, 0.3) is 0 Å². The number of ether oxygens (including phenoxy) is 4. The van der Waals surface area contributed by atoms with Gasteiger partial charge in [0.15, 0.2) is 6.29 Å². The first-order valence-corrected chi connectivity index (χ1v) is 9.73. The molecule has 28 heavy (non-hydrogen) atoms. The lowest BCUT2D eigenvalue weighted by molar-refractivity contribution is -0.339. The molecule has 0 bridgehead atoms. The van der Waals surface area contributed by atoms with Crippen LogP contribution in [0.2, 0.25) is 0 Å². The summed E-state index contributed by atoms with van der Waals surface area (Å²) in [5.41, 5.74) is 0.699. The van der Waals surface area contributed by atoms with Crippen molar-refractivity contribution in [3.8, 4) is 0 Å². The summed E-state index contributed by atoms with van der Waals surface area (Å²) in [4.78, 5) is 0. The SMILES string of the molecule is CCCCOC1C=C(CO)C2C(OC3OC(CO)C(O)C(O)C3O)OC=CC12. The monoisotopic (exact) mass is 402 g/mol. The topological polar surface area (TPSA) is 138 Å². The fourth-order valence-electron chi connectivity index (χ4n) is 3.88. The van der Waals surface area contributed by atoms with Gasteiger partial charge in [-0.2, -0.15) is 0 Å². The Morgan fingerprint density at radius 2 is 1.86 bits per heavy atom. The number of rotatable bonds is 8. The van der Waals surface area contributed by atoms with Crippen molar-refractivity contribution in [3.05, 3.63) is 24.0 Å². The second-order valence-corrected chi connectivity index (χ2v) is 7.36. The van der Waals surface area contributed by atoms with Gasteiger partial charge in [0.05, 0.1) is 31.5 Å². The summed E-state index contributed by atoms with van der Waals surface area (Å²) < 4.78 is 22.7. The maximum absolute atomic E-state index is 10.2. The summed E-state index contributed by atoms with van der Waals surface area (Å²) >= 11 is 0. The molecule has 9 heteroatoms. The Labute approximate surface area is 163 Å². The molecule has 9 atom stereocenters. The van der Waals surface area contributed by atoms with Crippen molar-refractivity contribution in [2.45, 2.75) is 62.9 Å². The first-order chi connectivity index (χ1) is 13.5. The second kappa shape index (κ2) is 9.64. The van der Waals surface area contributed by atoms with Crippen LogP contribution in [0, 0.1) is 11.8 Å². The van der Waals surface area contributed by atoms with E-state index in [0.717, 1.165) is 12.8 Å². The third-order valence-electron chi connectivity index (χ3n) is 5.51. The summed E-state index contributed by atoms with van der Waals surface area (Å²) in [6.45, 7) is 1.94. The van der Waals surface area contributed by atoms with Gasteiger partial charge >= 0.3 is 0 Å². The zero-order valence-corrected chi connectivity index (χ0v) is 15.8. The van der Waals surface area contributed by atoms with E-state index >= 15 is 0 Å². The minimum atomic E-state index is -1.53. The van der Waals surface area contributed by atoms with E-state index in [2.05, 4.69) is 6.92 Å². The number of aliphatic hydroxyl groups excluding tert-OH is 5. The Balaban J connectivity index is 1.71. The van der Waals surface area contributed by atoms with Gasteiger partial charge in [-0.3, -0.25) is 0 Å². The first kappa shape index (κ1) is 21.7. The maximum atomic E-state index is 10.2. The largest absolute Gasteiger partial charge is 0.472 e. The summed E-state index contributed by atoms with van der Waals surface area (Å²) in [5, 5.41) is 49.2. The van der Waals surface area contributed by atoms with Crippen LogP contribution in [0.4, 0.5) is 0 Å². The molecule has 3 rings (SSSR count). The normalized spacial score (nSPS) is 42.8. The lowest BCUT2D eigenvalue weighted by atomic mass is 9.88. The van der Waals surface area contributed by atoms with Crippen molar-refractivity contribution >= 4 is 0 Å². The fraction of sp³-hybridized carbons (Fsp3) is 0.789. The van der Waals surface area contributed by atoms with Gasteiger partial charge in [-0.1, -0.05) is 19.4 Å². The average Bonchev–Trinajstić information content (AvgIpc) is 3.07. The van der Waals surface area contributed by atoms with Crippen molar-refractivity contribution in [1.29, 1.82) is 0 Å². The van der Waals surface area contributed by atoms with Gasteiger partial charge in [0.2, 0.25) is 6.29 Å². The van der Waals surface area contributed by atoms with E-state index in [1.165, 1.54) is 6.26 Å². The van der Waals surface area contributed by atoms with Crippen molar-refractivity contribution in [2.24, 2.45) is 11.8 Å². The first-order valence-electron chi connectivity index (χ1n) is 9.73. The van der Waals surface area contributed by atoms with Crippen molar-refractivity contribution in [2.75, 3.05) is 19.8 Å². The Hall–Kier alpha value is -1.04. The summed E-state index contributed by atoms with van der Waals surface area (Å²) in [7, 11) is 0. The molecule has 3 aliphatic rings. The van der Waals surface area contributed by atoms with Gasteiger partial charge in [-0.25, -0.2) is 0 Å². The van der Waals surface area contributed by atoms with Crippen molar-refractivity contribution in [3.63, 3.8) is 0 Å². The molecular formula is C19H30O9. The van der Waals surface area contributed by atoms with E-state index in [1.807, 2.05) is 12.2 Å². The molecule has 1 saturated heterocycles. The van der Waals surface area contributed by atoms with E-state index in [1.54, 1.807) is 0 Å². The lowest BCUT2D eigenvalue weighted by Gasteiger charge is -2.42. The van der Waals surface area contributed by atoms with E-state index < -0.39 is 43.6 Å². The zero-order valence-electron chi connectivity index (χ0n) is 15.8. The fourth-order valence-corrected chi connectivity index (χ4v) is 3.88. The highest BCUT2D eigenvalue weighted by Crippen LogP contribution is 2.42. The predicted molar refractivity (Wildman–Crippen MR) is 95.7 cm³/mol. The van der Waals surface area contributed by atoms with Gasteiger partial charge in [-0.05, 0) is 18.1 Å². The number of hydrogen-bond acceptors (Lipinski definition) is 9. The molecule has 5 N–H and O–H groups in total. The second-order valence-electron chi connectivity index (χ2n) is 7.36. The van der Waals surface area contributed by atoms with Crippen LogP contribution in [0.1, 0.15) is 19.8 Å². The number of hydrogen-bond donors (Lipinski definition) is 5. The van der Waals surface area contributed by atoms with Crippen molar-refractivity contribution < 1.29 is 44.5 Å². The van der Waals surface area contributed by atoms with Crippen LogP contribution in [0.25, 0.3) is 0 Å². The molecule has 2 heterocycles. The van der Waals surface area contributed by atoms with Gasteiger partial charge < -0.3 is 44.5 Å². The van der Waals surface area contributed by atoms with Crippen LogP contribution >= 0.6 is 0 Å². The highest BCUT2D eigenvalue weighted by atomic mass is 16.8. The average molecular weight is 402 g/mol. The summed E-state index contributed by atoms with van der Waals surface area (Å²) in [6.07, 6.45) is -0.864. The Morgan fingerprint density at radius 3 is 2.54 bits per heavy atom. The standard InChI is InChI=1S/C19H30O9/c1-2-3-5-25-12-7-10(8-20)14-11(12)4-6-26-18(14)28-19-17(24)16(23)15(22)13(9-21)27-19/h4,6-7,11-24H,2-3,5,8-9H2,1H3. The molecule has 1 aliphatic carbocycles. The molecule has 0 aromatic rings. The van der Waals surface area contributed by atoms with E-state index in [4.69, 9.17) is 18.9 Å². The molecule has 9 unspecified atom stereocenters. The predicted octanol–water partition coefficient (Wildman–Crippen LogP) is -0.977. The lowest BCUT2D eigenvalue weighted by Crippen LogP contribution is -2.60. The van der Waals surface area contributed by atoms with Crippen LogP contribution in [-0.2, 0) is 18.9 Å². The minimum absolute atomic E-state index is 0.109. The van der Waals surface area contributed by atoms with Gasteiger partial charge in [0, 0.05) is 12.5 Å². The molecule has 0 aromatic carbocycles. The number of unbranched alkanes of at least 4 members (excludes halogenated alkanes) is 1. The third kappa shape index (κ3) is 4.27. The number of aliphatic hydroxyl groups is 5. The van der Waals surface area contributed by atoms with Crippen LogP contribution in [0.5, 0.6) is 0 Å². The molecule has 0 radical (unpaired) electrons. The third-order valence-corrected chi connectivity index (χ3v) is 5.51. The molecule has 0 saturated carbocycles. The van der Waals surface area contributed by atoms with E-state index in [9.17, 15) is 25.5 Å². The molecule has 2 aliphatic heterocycles. The summed E-state index contributed by atoms with van der Waals surface area (Å²) in [5.74, 6) is -0.461. The maximum Gasteiger partial charge on any atom is 0.209 e. The molecule has 9 nitrogen and oxygen atoms in total. The van der Waals surface area contributed by atoms with Crippen molar-refractivity contribution in [1.82, 2.24) is 0 Å². The molecule has 1 fully saturated rings. The van der Waals surface area contributed by atoms with Crippen LogP contribution in [-0.4, -0.2) is 88.5 Å². The van der Waals surface area contributed by atoms with Crippen LogP contribution < -0.4 is 0 Å². The molecule has 0 aromatic heterocycles. The molecule has 0 spiro atoms. The molecule has 160 valence electrons. The quantitative estimate of drug-likeness (QED) is 0.256. The van der Waals surface area contributed by atoms with Crippen LogP contribution in [0.3, 0.4) is 0 Å². The number of fused-ring (bicyclic) bond motifs is 1. The zero-order chi connectivity index (χ0) is 20.3. The summed E-state index contributed by atoms with van der Waals surface area (Å²) in [6, 6.07) is 0. The molecule has 0 amide bonds. The van der Waals surface area contributed by atoms with Gasteiger partial charge in [-0.15, -0.1) is 0 Å². The Kier molecular flexibility index (Phi) is 7.46. The smallest absolute Gasteiger partial charge is 0.209 e. The van der Waals surface area contributed by atoms with E-state index in [0.29, 0.717) is 12.2 Å². The minimum Gasteiger partial charge on any atom is -0.472 e. The Morgan fingerprint density at radius 1 is 1.07 bits per heavy atom. The van der Waals surface area contributed by atoms with Gasteiger partial charge in [0.1, 0.15) is 24.4 Å². The van der Waals surface area contributed by atoms with E-state index in [-0.39, 0.29) is 24.5 Å². The van der Waals surface area contributed by atoms with Crippen LogP contribution in [0.15, 0.2) is 24.0 Å². The highest BCUT2D eigenvalue weighted by molar-refractivity contribution is 5.26.